The Bertz CT molecular complexity index is 1180. The molecule has 0 aliphatic carbocycles. The minimum atomic E-state index is -0.304. The second-order valence-corrected chi connectivity index (χ2v) is 7.02. The van der Waals surface area contributed by atoms with E-state index in [2.05, 4.69) is 50.0 Å². The maximum atomic E-state index is 13.0. The molecule has 32 heavy (non-hydrogen) atoms. The number of aromatic amines is 1. The molecule has 4 rings (SSSR count). The molecule has 3 N–H and O–H groups in total. The average molecular weight is 545 g/mol. The third-order valence-electron chi connectivity index (χ3n) is 4.88. The first-order chi connectivity index (χ1) is 15.2. The van der Waals surface area contributed by atoms with E-state index in [1.54, 1.807) is 25.4 Å². The summed E-state index contributed by atoms with van der Waals surface area (Å²) < 4.78 is 18.7. The number of guanidine groups is 1. The summed E-state index contributed by atoms with van der Waals surface area (Å²) in [6, 6.07) is 17.9. The monoisotopic (exact) mass is 545 g/mol. The molecule has 2 heterocycles. The molecule has 0 spiro atoms. The van der Waals surface area contributed by atoms with Crippen LogP contribution in [-0.2, 0) is 13.0 Å². The van der Waals surface area contributed by atoms with Crippen molar-refractivity contribution < 1.29 is 9.13 Å². The van der Waals surface area contributed by atoms with Crippen molar-refractivity contribution >= 4 is 40.8 Å². The molecule has 2 aromatic heterocycles. The normalized spacial score (nSPS) is 11.1. The third-order valence-corrected chi connectivity index (χ3v) is 4.88. The van der Waals surface area contributed by atoms with Crippen LogP contribution in [0.4, 0.5) is 4.39 Å². The van der Waals surface area contributed by atoms with Gasteiger partial charge in [0.2, 0.25) is 5.88 Å². The minimum Gasteiger partial charge on any atom is -0.439 e. The van der Waals surface area contributed by atoms with Crippen LogP contribution in [0.3, 0.4) is 0 Å². The fourth-order valence-electron chi connectivity index (χ4n) is 3.30. The number of fused-ring (bicyclic) bond motifs is 1. The molecule has 4 aromatic rings. The molecule has 0 saturated carbocycles. The number of hydrogen-bond donors (Lipinski definition) is 3. The van der Waals surface area contributed by atoms with Crippen molar-refractivity contribution in [3.05, 3.63) is 90.0 Å². The van der Waals surface area contributed by atoms with Crippen molar-refractivity contribution in [1.82, 2.24) is 20.6 Å². The van der Waals surface area contributed by atoms with Gasteiger partial charge in [-0.3, -0.25) is 4.99 Å². The van der Waals surface area contributed by atoms with Gasteiger partial charge in [-0.25, -0.2) is 9.37 Å². The lowest BCUT2D eigenvalue weighted by Crippen LogP contribution is -2.37. The predicted octanol–water partition coefficient (Wildman–Crippen LogP) is 5.02. The fourth-order valence-corrected chi connectivity index (χ4v) is 3.30. The summed E-state index contributed by atoms with van der Waals surface area (Å²) in [5, 5.41) is 7.89. The van der Waals surface area contributed by atoms with Gasteiger partial charge in [0.25, 0.3) is 0 Å². The van der Waals surface area contributed by atoms with Gasteiger partial charge in [0.1, 0.15) is 11.6 Å². The second kappa shape index (κ2) is 11.5. The first-order valence-corrected chi connectivity index (χ1v) is 10.1. The number of hydrogen-bond acceptors (Lipinski definition) is 3. The van der Waals surface area contributed by atoms with Crippen LogP contribution in [0, 0.1) is 5.82 Å². The highest BCUT2D eigenvalue weighted by Crippen LogP contribution is 2.20. The smallest absolute Gasteiger partial charge is 0.219 e. The molecule has 0 bridgehead atoms. The lowest BCUT2D eigenvalue weighted by Gasteiger charge is -2.12. The van der Waals surface area contributed by atoms with Crippen LogP contribution in [-0.4, -0.2) is 29.5 Å². The van der Waals surface area contributed by atoms with Crippen LogP contribution < -0.4 is 15.4 Å². The number of nitrogens with one attached hydrogen (secondary N) is 3. The third kappa shape index (κ3) is 6.19. The van der Waals surface area contributed by atoms with Crippen LogP contribution in [0.2, 0.25) is 0 Å². The zero-order valence-corrected chi connectivity index (χ0v) is 20.0. The van der Waals surface area contributed by atoms with Crippen LogP contribution >= 0.6 is 24.0 Å². The van der Waals surface area contributed by atoms with Gasteiger partial charge in [-0.15, -0.1) is 24.0 Å². The van der Waals surface area contributed by atoms with Crippen LogP contribution in [0.15, 0.2) is 78.0 Å². The summed E-state index contributed by atoms with van der Waals surface area (Å²) in [5.74, 6) is 1.40. The molecule has 0 amide bonds. The van der Waals surface area contributed by atoms with Gasteiger partial charge >= 0.3 is 0 Å². The topological polar surface area (TPSA) is 74.3 Å². The first kappa shape index (κ1) is 23.5. The lowest BCUT2D eigenvalue weighted by molar-refractivity contribution is 0.460. The van der Waals surface area contributed by atoms with Crippen molar-refractivity contribution in [3.8, 4) is 11.6 Å². The Hall–Kier alpha value is -3.14. The number of aromatic nitrogens is 2. The summed E-state index contributed by atoms with van der Waals surface area (Å²) in [6.07, 6.45) is 4.63. The Balaban J connectivity index is 0.00000289. The van der Waals surface area contributed by atoms with E-state index in [0.29, 0.717) is 18.2 Å². The standard InChI is InChI=1S/C24H24FN5O.HI/c1-26-24(28-13-11-18-16-29-22-5-3-2-4-21(18)22)30-15-17-10-12-27-23(14-17)31-20-8-6-19(25)7-9-20;/h2-10,12,14,16,29H,11,13,15H2,1H3,(H2,26,28,30);1H. The van der Waals surface area contributed by atoms with E-state index in [-0.39, 0.29) is 29.8 Å². The molecule has 0 radical (unpaired) electrons. The van der Waals surface area contributed by atoms with Gasteiger partial charge in [-0.2, -0.15) is 0 Å². The summed E-state index contributed by atoms with van der Waals surface area (Å²) in [6.45, 7) is 1.33. The van der Waals surface area contributed by atoms with Crippen molar-refractivity contribution in [1.29, 1.82) is 0 Å². The molecule has 0 saturated heterocycles. The van der Waals surface area contributed by atoms with E-state index in [0.717, 1.165) is 30.0 Å². The highest BCUT2D eigenvalue weighted by molar-refractivity contribution is 14.0. The predicted molar refractivity (Wildman–Crippen MR) is 136 cm³/mol. The van der Waals surface area contributed by atoms with E-state index in [1.807, 2.05) is 18.2 Å². The van der Waals surface area contributed by atoms with E-state index in [4.69, 9.17) is 4.74 Å². The molecule has 166 valence electrons. The van der Waals surface area contributed by atoms with Gasteiger partial charge in [0.15, 0.2) is 5.96 Å². The number of aliphatic imine (C=N–C) groups is 1. The fraction of sp³-hybridized carbons (Fsp3) is 0.167. The molecule has 0 atom stereocenters. The summed E-state index contributed by atoms with van der Waals surface area (Å²) in [5.41, 5.74) is 3.42. The van der Waals surface area contributed by atoms with Crippen molar-refractivity contribution in [2.45, 2.75) is 13.0 Å². The number of para-hydroxylation sites is 1. The number of H-pyrrole nitrogens is 1. The number of ether oxygens (including phenoxy) is 1. The Morgan fingerprint density at radius 2 is 1.91 bits per heavy atom. The van der Waals surface area contributed by atoms with Gasteiger partial charge in [-0.05, 0) is 53.9 Å². The second-order valence-electron chi connectivity index (χ2n) is 7.02. The molecule has 2 aromatic carbocycles. The maximum Gasteiger partial charge on any atom is 0.219 e. The summed E-state index contributed by atoms with van der Waals surface area (Å²) in [4.78, 5) is 11.8. The Morgan fingerprint density at radius 1 is 1.09 bits per heavy atom. The molecule has 0 unspecified atom stereocenters. The summed E-state index contributed by atoms with van der Waals surface area (Å²) in [7, 11) is 1.75. The van der Waals surface area contributed by atoms with Gasteiger partial charge < -0.3 is 20.4 Å². The van der Waals surface area contributed by atoms with Crippen molar-refractivity contribution in [2.75, 3.05) is 13.6 Å². The highest BCUT2D eigenvalue weighted by Gasteiger charge is 2.05. The molecular formula is C24H25FIN5O. The summed E-state index contributed by atoms with van der Waals surface area (Å²) >= 11 is 0. The minimum absolute atomic E-state index is 0. The molecular weight excluding hydrogens is 520 g/mol. The van der Waals surface area contributed by atoms with Gasteiger partial charge in [0, 0.05) is 49.5 Å². The zero-order valence-electron chi connectivity index (χ0n) is 17.6. The Kier molecular flexibility index (Phi) is 8.43. The molecule has 0 aliphatic heterocycles. The lowest BCUT2D eigenvalue weighted by atomic mass is 10.1. The van der Waals surface area contributed by atoms with E-state index < -0.39 is 0 Å². The largest absolute Gasteiger partial charge is 0.439 e. The maximum absolute atomic E-state index is 13.0. The van der Waals surface area contributed by atoms with Crippen LogP contribution in [0.1, 0.15) is 11.1 Å². The SMILES string of the molecule is CN=C(NCCc1c[nH]c2ccccc12)NCc1ccnc(Oc2ccc(F)cc2)c1.I. The molecule has 6 nitrogen and oxygen atoms in total. The molecule has 0 aliphatic rings. The van der Waals surface area contributed by atoms with Crippen LogP contribution in [0.5, 0.6) is 11.6 Å². The highest BCUT2D eigenvalue weighted by atomic mass is 127. The Labute approximate surface area is 203 Å². The molecule has 8 heteroatoms. The number of rotatable bonds is 7. The van der Waals surface area contributed by atoms with Gasteiger partial charge in [0.05, 0.1) is 0 Å². The quantitative estimate of drug-likeness (QED) is 0.173. The van der Waals surface area contributed by atoms with Crippen LogP contribution in [0.25, 0.3) is 10.9 Å². The van der Waals surface area contributed by atoms with Crippen molar-refractivity contribution in [2.24, 2.45) is 4.99 Å². The Morgan fingerprint density at radius 3 is 2.72 bits per heavy atom. The number of pyridine rings is 1. The van der Waals surface area contributed by atoms with E-state index in [1.165, 1.54) is 23.1 Å². The van der Waals surface area contributed by atoms with Gasteiger partial charge in [-0.1, -0.05) is 18.2 Å². The van der Waals surface area contributed by atoms with E-state index >= 15 is 0 Å². The first-order valence-electron chi connectivity index (χ1n) is 10.1. The number of halogens is 2. The van der Waals surface area contributed by atoms with E-state index in [9.17, 15) is 4.39 Å². The van der Waals surface area contributed by atoms with Crippen molar-refractivity contribution in [3.63, 3.8) is 0 Å². The molecule has 0 fully saturated rings. The number of nitrogens with zero attached hydrogens (tertiary/aromatic N) is 2. The number of benzene rings is 2. The average Bonchev–Trinajstić information content (AvgIpc) is 3.21. The zero-order chi connectivity index (χ0) is 21.5.